The van der Waals surface area contributed by atoms with E-state index in [4.69, 9.17) is 0 Å². The van der Waals surface area contributed by atoms with Gasteiger partial charge < -0.3 is 10.0 Å². The molecule has 2 nitrogen and oxygen atoms in total. The third-order valence-electron chi connectivity index (χ3n) is 6.03. The Labute approximate surface area is 169 Å². The zero-order valence-corrected chi connectivity index (χ0v) is 17.7. The Hall–Kier alpha value is -1.32. The third kappa shape index (κ3) is 4.69. The number of phenols is 1. The summed E-state index contributed by atoms with van der Waals surface area (Å²) in [7, 11) is 0. The van der Waals surface area contributed by atoms with E-state index in [0.717, 1.165) is 26.1 Å². The normalized spacial score (nSPS) is 23.4. The van der Waals surface area contributed by atoms with E-state index in [2.05, 4.69) is 55.1 Å². The van der Waals surface area contributed by atoms with Crippen molar-refractivity contribution < 1.29 is 5.11 Å². The highest BCUT2D eigenvalue weighted by Crippen LogP contribution is 2.44. The molecule has 0 aliphatic carbocycles. The second-order valence-electron chi connectivity index (χ2n) is 7.64. The molecule has 1 N–H and O–H groups in total. The minimum absolute atomic E-state index is 0. The molecule has 1 aliphatic heterocycles. The molecule has 0 saturated carbocycles. The van der Waals surface area contributed by atoms with Crippen molar-refractivity contribution in [2.75, 3.05) is 19.6 Å². The fourth-order valence-corrected chi connectivity index (χ4v) is 4.60. The molecule has 0 radical (unpaired) electrons. The Bertz CT molecular complexity index is 675. The minimum Gasteiger partial charge on any atom is -0.508 e. The van der Waals surface area contributed by atoms with Gasteiger partial charge in [-0.25, -0.2) is 0 Å². The largest absolute Gasteiger partial charge is 0.508 e. The molecule has 0 spiro atoms. The van der Waals surface area contributed by atoms with Crippen LogP contribution in [0.25, 0.3) is 0 Å². The average Bonchev–Trinajstić information content (AvgIpc) is 2.63. The van der Waals surface area contributed by atoms with Crippen LogP contribution in [-0.2, 0) is 11.8 Å². The number of phenolic OH excluding ortho intramolecular Hbond substituents is 1. The lowest BCUT2D eigenvalue weighted by Crippen LogP contribution is -2.49. The topological polar surface area (TPSA) is 23.5 Å². The summed E-state index contributed by atoms with van der Waals surface area (Å²) in [6, 6.07) is 18.8. The molecule has 1 aliphatic rings. The fourth-order valence-electron chi connectivity index (χ4n) is 4.60. The summed E-state index contributed by atoms with van der Waals surface area (Å²) in [5.74, 6) is 0.991. The molecule has 1 heterocycles. The number of hydrogen-bond donors (Lipinski definition) is 1. The van der Waals surface area contributed by atoms with Crippen LogP contribution < -0.4 is 0 Å². The van der Waals surface area contributed by atoms with Crippen LogP contribution in [0.3, 0.4) is 0 Å². The molecule has 142 valence electrons. The van der Waals surface area contributed by atoms with Crippen molar-refractivity contribution in [1.29, 1.82) is 0 Å². The first-order chi connectivity index (χ1) is 12.1. The van der Waals surface area contributed by atoms with E-state index < -0.39 is 0 Å². The van der Waals surface area contributed by atoms with Gasteiger partial charge in [0.15, 0.2) is 0 Å². The highest BCUT2D eigenvalue weighted by atomic mass is 79.9. The number of rotatable bonds is 6. The van der Waals surface area contributed by atoms with Crippen LogP contribution in [0.15, 0.2) is 54.6 Å². The van der Waals surface area contributed by atoms with Gasteiger partial charge in [-0.15, -0.1) is 17.0 Å². The number of halogens is 1. The van der Waals surface area contributed by atoms with Crippen molar-refractivity contribution in [3.63, 3.8) is 0 Å². The van der Waals surface area contributed by atoms with Crippen LogP contribution in [0.1, 0.15) is 44.2 Å². The number of aromatic hydroxyl groups is 1. The highest BCUT2D eigenvalue weighted by Gasteiger charge is 2.41. The quantitative estimate of drug-likeness (QED) is 0.661. The lowest BCUT2D eigenvalue weighted by Gasteiger charge is -2.47. The van der Waals surface area contributed by atoms with Crippen LogP contribution in [0.2, 0.25) is 0 Å². The minimum atomic E-state index is 0. The summed E-state index contributed by atoms with van der Waals surface area (Å²) in [4.78, 5) is 2.62. The summed E-state index contributed by atoms with van der Waals surface area (Å²) < 4.78 is 0. The molecule has 3 heteroatoms. The molecule has 1 saturated heterocycles. The van der Waals surface area contributed by atoms with Crippen molar-refractivity contribution in [3.8, 4) is 5.75 Å². The standard InChI is InChI=1S/C23H31NO.BrH/c1-3-13-23(21-10-7-11-22(25)17-21)14-16-24(18-19(23)2)15-12-20-8-5-4-6-9-20;/h4-11,17,19,25H,3,12-16,18H2,1-2H3;1H/t19-,23-;/m0./s1. The van der Waals surface area contributed by atoms with Gasteiger partial charge in [-0.1, -0.05) is 62.7 Å². The van der Waals surface area contributed by atoms with Crippen molar-refractivity contribution >= 4 is 17.0 Å². The summed E-state index contributed by atoms with van der Waals surface area (Å²) in [6.45, 7) is 8.10. The van der Waals surface area contributed by atoms with Gasteiger partial charge in [0.05, 0.1) is 0 Å². The predicted molar refractivity (Wildman–Crippen MR) is 115 cm³/mol. The van der Waals surface area contributed by atoms with Gasteiger partial charge in [-0.05, 0) is 55.0 Å². The lowest BCUT2D eigenvalue weighted by molar-refractivity contribution is 0.0936. The maximum absolute atomic E-state index is 9.96. The molecule has 0 aromatic heterocycles. The first-order valence-corrected chi connectivity index (χ1v) is 9.70. The van der Waals surface area contributed by atoms with E-state index in [1.54, 1.807) is 6.07 Å². The fraction of sp³-hybridized carbons (Fsp3) is 0.478. The number of piperidine rings is 1. The van der Waals surface area contributed by atoms with Gasteiger partial charge in [0.2, 0.25) is 0 Å². The lowest BCUT2D eigenvalue weighted by atomic mass is 9.64. The summed E-state index contributed by atoms with van der Waals surface area (Å²) in [5, 5.41) is 9.96. The van der Waals surface area contributed by atoms with Gasteiger partial charge in [0, 0.05) is 18.5 Å². The maximum atomic E-state index is 9.96. The molecule has 26 heavy (non-hydrogen) atoms. The molecule has 0 bridgehead atoms. The van der Waals surface area contributed by atoms with E-state index in [-0.39, 0.29) is 22.4 Å². The molecule has 0 amide bonds. The van der Waals surface area contributed by atoms with Crippen molar-refractivity contribution in [3.05, 3.63) is 65.7 Å². The molecule has 2 atom stereocenters. The first-order valence-electron chi connectivity index (χ1n) is 9.70. The summed E-state index contributed by atoms with van der Waals surface area (Å²) in [6.07, 6.45) is 4.69. The van der Waals surface area contributed by atoms with Gasteiger partial charge in [-0.2, -0.15) is 0 Å². The van der Waals surface area contributed by atoms with Crippen LogP contribution in [-0.4, -0.2) is 29.6 Å². The molecule has 2 aromatic carbocycles. The molecule has 1 fully saturated rings. The van der Waals surface area contributed by atoms with Crippen LogP contribution in [0, 0.1) is 5.92 Å². The molecule has 0 unspecified atom stereocenters. The Balaban J connectivity index is 0.00000243. The van der Waals surface area contributed by atoms with Gasteiger partial charge >= 0.3 is 0 Å². The Morgan fingerprint density at radius 1 is 1.12 bits per heavy atom. The molecule has 3 rings (SSSR count). The zero-order chi connectivity index (χ0) is 17.7. The number of benzene rings is 2. The number of hydrogen-bond acceptors (Lipinski definition) is 2. The van der Waals surface area contributed by atoms with E-state index in [1.165, 1.54) is 30.4 Å². The second kappa shape index (κ2) is 9.57. The van der Waals surface area contributed by atoms with Crippen molar-refractivity contribution in [2.45, 2.75) is 44.9 Å². The molecular weight excluding hydrogens is 386 g/mol. The summed E-state index contributed by atoms with van der Waals surface area (Å²) in [5.41, 5.74) is 2.95. The van der Waals surface area contributed by atoms with Gasteiger partial charge in [0.25, 0.3) is 0 Å². The van der Waals surface area contributed by atoms with Gasteiger partial charge in [0.1, 0.15) is 5.75 Å². The van der Waals surface area contributed by atoms with Crippen molar-refractivity contribution in [1.82, 2.24) is 4.90 Å². The first kappa shape index (κ1) is 21.0. The summed E-state index contributed by atoms with van der Waals surface area (Å²) >= 11 is 0. The van der Waals surface area contributed by atoms with E-state index in [0.29, 0.717) is 11.7 Å². The number of likely N-dealkylation sites (tertiary alicyclic amines) is 1. The van der Waals surface area contributed by atoms with E-state index in [1.807, 2.05) is 12.1 Å². The third-order valence-corrected chi connectivity index (χ3v) is 6.03. The van der Waals surface area contributed by atoms with Crippen LogP contribution in [0.4, 0.5) is 0 Å². The Morgan fingerprint density at radius 3 is 2.54 bits per heavy atom. The zero-order valence-electron chi connectivity index (χ0n) is 16.0. The number of nitrogens with zero attached hydrogens (tertiary/aromatic N) is 1. The second-order valence-corrected chi connectivity index (χ2v) is 7.64. The smallest absolute Gasteiger partial charge is 0.115 e. The van der Waals surface area contributed by atoms with Crippen LogP contribution in [0.5, 0.6) is 5.75 Å². The van der Waals surface area contributed by atoms with Crippen LogP contribution >= 0.6 is 17.0 Å². The monoisotopic (exact) mass is 417 g/mol. The Kier molecular flexibility index (Phi) is 7.72. The van der Waals surface area contributed by atoms with E-state index in [9.17, 15) is 5.11 Å². The molecule has 2 aromatic rings. The predicted octanol–water partition coefficient (Wildman–Crippen LogP) is 5.59. The SMILES string of the molecule is Br.CCC[C@]1(c2cccc(O)c2)CCN(CCc2ccccc2)C[C@@H]1C. The highest BCUT2D eigenvalue weighted by molar-refractivity contribution is 8.93. The van der Waals surface area contributed by atoms with Gasteiger partial charge in [-0.3, -0.25) is 0 Å². The van der Waals surface area contributed by atoms with Crippen molar-refractivity contribution in [2.24, 2.45) is 5.92 Å². The maximum Gasteiger partial charge on any atom is 0.115 e. The average molecular weight is 418 g/mol. The molecular formula is C23H32BrNO. The Morgan fingerprint density at radius 2 is 1.88 bits per heavy atom. The van der Waals surface area contributed by atoms with E-state index >= 15 is 0 Å².